The summed E-state index contributed by atoms with van der Waals surface area (Å²) in [5.74, 6) is -0.913. The zero-order chi connectivity index (χ0) is 23.1. The van der Waals surface area contributed by atoms with Crippen LogP contribution in [0.2, 0.25) is 5.15 Å². The Bertz CT molecular complexity index is 1260. The summed E-state index contributed by atoms with van der Waals surface area (Å²) in [6.07, 6.45) is -0.815. The summed E-state index contributed by atoms with van der Waals surface area (Å²) in [4.78, 5) is 16.1. The SMILES string of the molecule is O=C(NS(=O)(=O)c1cn[nH]c1)c1ccc(-n2ccc(OCC3(C(F)(F)F)CC3)n2)nc1Cl. The highest BCUT2D eigenvalue weighted by Crippen LogP contribution is 2.57. The number of halogens is 4. The lowest BCUT2D eigenvalue weighted by molar-refractivity contribution is -0.194. The van der Waals surface area contributed by atoms with Crippen LogP contribution in [-0.2, 0) is 10.0 Å². The summed E-state index contributed by atoms with van der Waals surface area (Å²) in [5.41, 5.74) is -2.04. The van der Waals surface area contributed by atoms with Crippen LogP contribution >= 0.6 is 11.6 Å². The monoisotopic (exact) mass is 490 g/mol. The third-order valence-corrected chi connectivity index (χ3v) is 6.43. The van der Waals surface area contributed by atoms with Crippen LogP contribution < -0.4 is 9.46 Å². The molecule has 2 N–H and O–H groups in total. The van der Waals surface area contributed by atoms with E-state index in [9.17, 15) is 26.4 Å². The van der Waals surface area contributed by atoms with Crippen molar-refractivity contribution in [1.29, 1.82) is 0 Å². The van der Waals surface area contributed by atoms with Gasteiger partial charge in [0.2, 0.25) is 5.88 Å². The maximum Gasteiger partial charge on any atom is 0.397 e. The predicted molar refractivity (Wildman–Crippen MR) is 103 cm³/mol. The molecule has 170 valence electrons. The summed E-state index contributed by atoms with van der Waals surface area (Å²) in [5, 5.41) is 9.52. The Morgan fingerprint density at radius 2 is 2.06 bits per heavy atom. The smallest absolute Gasteiger partial charge is 0.397 e. The van der Waals surface area contributed by atoms with E-state index in [0.29, 0.717) is 0 Å². The van der Waals surface area contributed by atoms with Gasteiger partial charge in [-0.1, -0.05) is 11.6 Å². The van der Waals surface area contributed by atoms with Gasteiger partial charge in [0.1, 0.15) is 22.1 Å². The molecule has 1 aliphatic rings. The van der Waals surface area contributed by atoms with Crippen LogP contribution in [0.15, 0.2) is 41.7 Å². The number of nitrogens with one attached hydrogen (secondary N) is 2. The number of H-pyrrole nitrogens is 1. The number of carbonyl (C=O) groups is 1. The van der Waals surface area contributed by atoms with E-state index < -0.39 is 34.1 Å². The molecule has 0 radical (unpaired) electrons. The molecule has 1 saturated carbocycles. The van der Waals surface area contributed by atoms with Gasteiger partial charge in [0.05, 0.1) is 11.8 Å². The third-order valence-electron chi connectivity index (χ3n) is 4.84. The maximum atomic E-state index is 13.0. The number of sulfonamides is 1. The van der Waals surface area contributed by atoms with E-state index in [0.717, 1.165) is 12.4 Å². The number of carbonyl (C=O) groups excluding carboxylic acids is 1. The van der Waals surface area contributed by atoms with E-state index in [1.54, 1.807) is 0 Å². The van der Waals surface area contributed by atoms with Crippen LogP contribution in [0, 0.1) is 5.41 Å². The van der Waals surface area contributed by atoms with Crippen LogP contribution in [0.1, 0.15) is 23.2 Å². The first-order valence-electron chi connectivity index (χ1n) is 8.99. The fourth-order valence-electron chi connectivity index (χ4n) is 2.73. The fraction of sp³-hybridized carbons (Fsp3) is 0.294. The van der Waals surface area contributed by atoms with Gasteiger partial charge in [-0.05, 0) is 25.0 Å². The summed E-state index contributed by atoms with van der Waals surface area (Å²) in [7, 11) is -4.16. The number of pyridine rings is 1. The Labute approximate surface area is 183 Å². The number of aromatic nitrogens is 5. The summed E-state index contributed by atoms with van der Waals surface area (Å²) >= 11 is 6.03. The molecular weight excluding hydrogens is 477 g/mol. The maximum absolute atomic E-state index is 13.0. The highest BCUT2D eigenvalue weighted by molar-refractivity contribution is 7.90. The highest BCUT2D eigenvalue weighted by atomic mass is 35.5. The molecule has 0 aromatic carbocycles. The van der Waals surface area contributed by atoms with Gasteiger partial charge < -0.3 is 4.74 Å². The van der Waals surface area contributed by atoms with Gasteiger partial charge >= 0.3 is 6.18 Å². The summed E-state index contributed by atoms with van der Waals surface area (Å²) < 4.78 is 71.5. The molecule has 0 unspecified atom stereocenters. The number of amides is 1. The van der Waals surface area contributed by atoms with Crippen molar-refractivity contribution in [3.63, 3.8) is 0 Å². The lowest BCUT2D eigenvalue weighted by Gasteiger charge is -2.18. The van der Waals surface area contributed by atoms with Gasteiger partial charge in [0.25, 0.3) is 15.9 Å². The molecule has 3 aromatic heterocycles. The minimum Gasteiger partial charge on any atom is -0.476 e. The van der Waals surface area contributed by atoms with Crippen molar-refractivity contribution >= 4 is 27.5 Å². The molecule has 32 heavy (non-hydrogen) atoms. The summed E-state index contributed by atoms with van der Waals surface area (Å²) in [6.45, 7) is -0.536. The van der Waals surface area contributed by atoms with E-state index in [-0.39, 0.29) is 40.2 Å². The third kappa shape index (κ3) is 4.27. The first-order valence-corrected chi connectivity index (χ1v) is 10.8. The molecular formula is C17H14ClF3N6O4S. The van der Waals surface area contributed by atoms with Gasteiger partial charge in [-0.25, -0.2) is 22.8 Å². The number of rotatable bonds is 7. The van der Waals surface area contributed by atoms with Gasteiger partial charge in [0.15, 0.2) is 5.82 Å². The Kier molecular flexibility index (Phi) is 5.36. The molecule has 1 fully saturated rings. The van der Waals surface area contributed by atoms with Crippen molar-refractivity contribution in [3.05, 3.63) is 47.5 Å². The topological polar surface area (TPSA) is 132 Å². The minimum absolute atomic E-state index is 0.00815. The molecule has 0 saturated heterocycles. The van der Waals surface area contributed by atoms with Crippen molar-refractivity contribution in [3.8, 4) is 11.7 Å². The van der Waals surface area contributed by atoms with Crippen LogP contribution in [0.3, 0.4) is 0 Å². The van der Waals surface area contributed by atoms with Gasteiger partial charge in [0, 0.05) is 18.5 Å². The molecule has 15 heteroatoms. The normalized spacial score (nSPS) is 15.4. The van der Waals surface area contributed by atoms with Crippen molar-refractivity contribution in [2.45, 2.75) is 23.9 Å². The van der Waals surface area contributed by atoms with Crippen molar-refractivity contribution in [2.24, 2.45) is 5.41 Å². The number of ether oxygens (including phenoxy) is 1. The Morgan fingerprint density at radius 3 is 2.66 bits per heavy atom. The summed E-state index contributed by atoms with van der Waals surface area (Å²) in [6, 6.07) is 3.93. The number of hydrogen-bond donors (Lipinski definition) is 2. The van der Waals surface area contributed by atoms with E-state index in [4.69, 9.17) is 16.3 Å². The second kappa shape index (κ2) is 7.78. The molecule has 3 aromatic rings. The zero-order valence-electron chi connectivity index (χ0n) is 15.9. The molecule has 0 aliphatic heterocycles. The number of alkyl halides is 3. The number of nitrogens with zero attached hydrogens (tertiary/aromatic N) is 4. The van der Waals surface area contributed by atoms with E-state index >= 15 is 0 Å². The first kappa shape index (κ1) is 22.1. The second-order valence-electron chi connectivity index (χ2n) is 7.04. The van der Waals surface area contributed by atoms with Gasteiger partial charge in [-0.15, -0.1) is 5.10 Å². The number of hydrogen-bond acceptors (Lipinski definition) is 7. The molecule has 0 spiro atoms. The van der Waals surface area contributed by atoms with Gasteiger partial charge in [-0.2, -0.15) is 18.3 Å². The Hall–Kier alpha value is -3.13. The lowest BCUT2D eigenvalue weighted by atomic mass is 10.1. The van der Waals surface area contributed by atoms with Crippen molar-refractivity contribution in [1.82, 2.24) is 29.7 Å². The fourth-order valence-corrected chi connectivity index (χ4v) is 3.83. The van der Waals surface area contributed by atoms with E-state index in [1.807, 2.05) is 4.72 Å². The molecule has 3 heterocycles. The molecule has 1 amide bonds. The van der Waals surface area contributed by atoms with E-state index in [2.05, 4.69) is 20.3 Å². The molecule has 4 rings (SSSR count). The Balaban J connectivity index is 1.45. The second-order valence-corrected chi connectivity index (χ2v) is 9.08. The van der Waals surface area contributed by atoms with Crippen LogP contribution in [0.25, 0.3) is 5.82 Å². The van der Waals surface area contributed by atoms with Crippen molar-refractivity contribution < 1.29 is 31.1 Å². The van der Waals surface area contributed by atoms with Crippen LogP contribution in [0.5, 0.6) is 5.88 Å². The largest absolute Gasteiger partial charge is 0.476 e. The van der Waals surface area contributed by atoms with Crippen LogP contribution in [0.4, 0.5) is 13.2 Å². The highest BCUT2D eigenvalue weighted by Gasteiger charge is 2.64. The molecule has 1 aliphatic carbocycles. The standard InChI is InChI=1S/C17H14ClF3N6O4S/c18-14-11(15(28)26-32(29,30)10-7-22-23-8-10)1-2-12(24-14)27-6-3-13(25-27)31-9-16(4-5-16)17(19,20)21/h1-3,6-8H,4-5,9H2,(H,22,23)(H,26,28). The predicted octanol–water partition coefficient (Wildman–Crippen LogP) is 2.48. The molecule has 0 bridgehead atoms. The Morgan fingerprint density at radius 1 is 1.31 bits per heavy atom. The quantitative estimate of drug-likeness (QED) is 0.486. The lowest BCUT2D eigenvalue weighted by Crippen LogP contribution is -2.30. The van der Waals surface area contributed by atoms with Crippen LogP contribution in [-0.4, -0.2) is 52.1 Å². The first-order chi connectivity index (χ1) is 15.0. The van der Waals surface area contributed by atoms with E-state index in [1.165, 1.54) is 29.1 Å². The average molecular weight is 491 g/mol. The van der Waals surface area contributed by atoms with Gasteiger partial charge in [-0.3, -0.25) is 9.89 Å². The zero-order valence-corrected chi connectivity index (χ0v) is 17.5. The minimum atomic E-state index is -4.34. The molecule has 0 atom stereocenters. The average Bonchev–Trinajstić information content (AvgIpc) is 3.13. The molecule has 10 nitrogen and oxygen atoms in total. The van der Waals surface area contributed by atoms with Crippen molar-refractivity contribution in [2.75, 3.05) is 6.61 Å². The number of aromatic amines is 1.